The number of unbranched alkanes of at least 4 members (excludes halogenated alkanes) is 8. The van der Waals surface area contributed by atoms with E-state index in [2.05, 4.69) is 11.7 Å². The van der Waals surface area contributed by atoms with E-state index in [-0.39, 0.29) is 5.75 Å². The second-order valence-corrected chi connectivity index (χ2v) is 6.11. The number of alkyl halides is 3. The lowest BCUT2D eigenvalue weighted by Crippen LogP contribution is -2.27. The number of halogens is 3. The summed E-state index contributed by atoms with van der Waals surface area (Å²) in [4.78, 5) is 10.8. The minimum Gasteiger partial charge on any atom is -0.420 e. The van der Waals surface area contributed by atoms with E-state index in [0.29, 0.717) is 0 Å². The van der Waals surface area contributed by atoms with Crippen LogP contribution in [0.4, 0.5) is 13.2 Å². The largest absolute Gasteiger partial charge is 0.491 e. The highest BCUT2D eigenvalue weighted by Gasteiger charge is 2.41. The van der Waals surface area contributed by atoms with Crippen LogP contribution in [0, 0.1) is 0 Å². The number of carbonyl (C=O) groups excluding carboxylic acids is 1. The van der Waals surface area contributed by atoms with Gasteiger partial charge in [0.25, 0.3) is 0 Å². The third-order valence-corrected chi connectivity index (χ3v) is 3.91. The number of esters is 1. The number of aryl methyl sites for hydroxylation is 1. The molecule has 5 heteroatoms. The molecule has 2 nitrogen and oxygen atoms in total. The minimum atomic E-state index is -4.97. The molecule has 0 bridgehead atoms. The lowest BCUT2D eigenvalue weighted by atomic mass is 10.0. The predicted molar refractivity (Wildman–Crippen MR) is 89.1 cm³/mol. The normalized spacial score (nSPS) is 11.5. The van der Waals surface area contributed by atoms with Crippen molar-refractivity contribution in [2.75, 3.05) is 0 Å². The summed E-state index contributed by atoms with van der Waals surface area (Å²) in [6.07, 6.45) is 6.84. The number of ether oxygens (including phenoxy) is 1. The Bertz CT molecular complexity index is 484. The van der Waals surface area contributed by atoms with E-state index in [9.17, 15) is 18.0 Å². The van der Waals surface area contributed by atoms with Gasteiger partial charge in [0.15, 0.2) is 0 Å². The molecule has 0 fully saturated rings. The summed E-state index contributed by atoms with van der Waals surface area (Å²) in [6, 6.07) is 6.33. The second kappa shape index (κ2) is 11.1. The molecule has 0 unspecified atom stereocenters. The van der Waals surface area contributed by atoms with Gasteiger partial charge in [0.1, 0.15) is 5.75 Å². The summed E-state index contributed by atoms with van der Waals surface area (Å²) < 4.78 is 40.9. The van der Waals surface area contributed by atoms with E-state index in [1.54, 1.807) is 6.07 Å². The monoisotopic (exact) mass is 344 g/mol. The van der Waals surface area contributed by atoms with Crippen LogP contribution in [0.2, 0.25) is 0 Å². The molecule has 0 aliphatic heterocycles. The maximum Gasteiger partial charge on any atom is 0.491 e. The van der Waals surface area contributed by atoms with E-state index in [4.69, 9.17) is 0 Å². The Kier molecular flexibility index (Phi) is 9.50. The van der Waals surface area contributed by atoms with Crippen molar-refractivity contribution in [3.63, 3.8) is 0 Å². The van der Waals surface area contributed by atoms with Crippen LogP contribution in [0.25, 0.3) is 0 Å². The van der Waals surface area contributed by atoms with Crippen molar-refractivity contribution >= 4 is 5.97 Å². The van der Waals surface area contributed by atoms with E-state index in [1.807, 2.05) is 6.07 Å². The van der Waals surface area contributed by atoms with Crippen LogP contribution in [0.3, 0.4) is 0 Å². The quantitative estimate of drug-likeness (QED) is 0.270. The van der Waals surface area contributed by atoms with Gasteiger partial charge in [-0.2, -0.15) is 13.2 Å². The summed E-state index contributed by atoms with van der Waals surface area (Å²) in [5.41, 5.74) is 0.894. The molecule has 0 N–H and O–H groups in total. The first kappa shape index (κ1) is 20.5. The molecular formula is C19H27F3O2. The van der Waals surface area contributed by atoms with Crippen molar-refractivity contribution in [1.29, 1.82) is 0 Å². The SMILES string of the molecule is CCCCCCCCCCCc1cccc(OC(=O)C(F)(F)F)c1. The van der Waals surface area contributed by atoms with Crippen molar-refractivity contribution in [3.05, 3.63) is 29.8 Å². The van der Waals surface area contributed by atoms with E-state index in [0.717, 1.165) is 24.8 Å². The fourth-order valence-electron chi connectivity index (χ4n) is 2.57. The van der Waals surface area contributed by atoms with E-state index in [1.165, 1.54) is 57.1 Å². The summed E-state index contributed by atoms with van der Waals surface area (Å²) >= 11 is 0. The Morgan fingerprint density at radius 3 is 2.12 bits per heavy atom. The average molecular weight is 344 g/mol. The molecule has 24 heavy (non-hydrogen) atoms. The third-order valence-electron chi connectivity index (χ3n) is 3.91. The highest BCUT2D eigenvalue weighted by atomic mass is 19.4. The molecule has 0 aromatic heterocycles. The Morgan fingerprint density at radius 1 is 0.958 bits per heavy atom. The maximum absolute atomic E-state index is 12.2. The van der Waals surface area contributed by atoms with Crippen molar-refractivity contribution in [2.45, 2.75) is 77.3 Å². The van der Waals surface area contributed by atoms with Gasteiger partial charge in [0.05, 0.1) is 0 Å². The Morgan fingerprint density at radius 2 is 1.54 bits per heavy atom. The van der Waals surface area contributed by atoms with Crippen molar-refractivity contribution in [3.8, 4) is 5.75 Å². The second-order valence-electron chi connectivity index (χ2n) is 6.11. The van der Waals surface area contributed by atoms with Crippen molar-refractivity contribution in [1.82, 2.24) is 0 Å². The Labute approximate surface area is 142 Å². The fraction of sp³-hybridized carbons (Fsp3) is 0.632. The first-order valence-corrected chi connectivity index (χ1v) is 8.81. The van der Waals surface area contributed by atoms with Gasteiger partial charge in [-0.05, 0) is 30.5 Å². The van der Waals surface area contributed by atoms with Crippen molar-refractivity contribution in [2.24, 2.45) is 0 Å². The highest BCUT2D eigenvalue weighted by Crippen LogP contribution is 2.21. The zero-order valence-electron chi connectivity index (χ0n) is 14.3. The van der Waals surface area contributed by atoms with Crippen LogP contribution in [-0.4, -0.2) is 12.1 Å². The Balaban J connectivity index is 2.22. The highest BCUT2D eigenvalue weighted by molar-refractivity contribution is 5.78. The number of hydrogen-bond acceptors (Lipinski definition) is 2. The summed E-state index contributed by atoms with van der Waals surface area (Å²) in [5, 5.41) is 0. The van der Waals surface area contributed by atoms with Gasteiger partial charge < -0.3 is 4.74 Å². The lowest BCUT2D eigenvalue weighted by molar-refractivity contribution is -0.189. The summed E-state index contributed by atoms with van der Waals surface area (Å²) in [6.45, 7) is 2.21. The van der Waals surface area contributed by atoms with Gasteiger partial charge in [-0.1, -0.05) is 70.4 Å². The molecule has 1 rings (SSSR count). The maximum atomic E-state index is 12.2. The van der Waals surface area contributed by atoms with Crippen LogP contribution in [0.5, 0.6) is 5.75 Å². The topological polar surface area (TPSA) is 26.3 Å². The molecule has 136 valence electrons. The molecule has 0 saturated heterocycles. The van der Waals surface area contributed by atoms with Gasteiger partial charge in [-0.25, -0.2) is 4.79 Å². The van der Waals surface area contributed by atoms with Gasteiger partial charge in [0, 0.05) is 0 Å². The minimum absolute atomic E-state index is 0.0502. The predicted octanol–water partition coefficient (Wildman–Crippen LogP) is 6.23. The fourth-order valence-corrected chi connectivity index (χ4v) is 2.57. The molecule has 1 aromatic carbocycles. The first-order valence-electron chi connectivity index (χ1n) is 8.81. The van der Waals surface area contributed by atoms with E-state index >= 15 is 0 Å². The molecule has 0 amide bonds. The lowest BCUT2D eigenvalue weighted by Gasteiger charge is -2.08. The molecule has 0 saturated carbocycles. The van der Waals surface area contributed by atoms with Crippen LogP contribution in [-0.2, 0) is 11.2 Å². The first-order chi connectivity index (χ1) is 11.4. The standard InChI is InChI=1S/C19H27F3O2/c1-2-3-4-5-6-7-8-9-10-12-16-13-11-14-17(15-16)24-18(23)19(20,21)22/h11,13-15H,2-10,12H2,1H3. The molecule has 0 aliphatic carbocycles. The number of benzene rings is 1. The molecular weight excluding hydrogens is 317 g/mol. The van der Waals surface area contributed by atoms with Gasteiger partial charge >= 0.3 is 12.1 Å². The molecule has 0 heterocycles. The smallest absolute Gasteiger partial charge is 0.420 e. The van der Waals surface area contributed by atoms with E-state index < -0.39 is 12.1 Å². The summed E-state index contributed by atoms with van der Waals surface area (Å²) in [5.74, 6) is -2.23. The van der Waals surface area contributed by atoms with Gasteiger partial charge in [-0.3, -0.25) is 0 Å². The van der Waals surface area contributed by atoms with Gasteiger partial charge in [-0.15, -0.1) is 0 Å². The molecule has 1 aromatic rings. The Hall–Kier alpha value is -1.52. The van der Waals surface area contributed by atoms with Crippen LogP contribution in [0.1, 0.15) is 70.3 Å². The van der Waals surface area contributed by atoms with Crippen molar-refractivity contribution < 1.29 is 22.7 Å². The van der Waals surface area contributed by atoms with Gasteiger partial charge in [0.2, 0.25) is 0 Å². The zero-order chi connectivity index (χ0) is 17.8. The number of rotatable bonds is 11. The molecule has 0 aliphatic rings. The average Bonchev–Trinajstić information content (AvgIpc) is 2.53. The van der Waals surface area contributed by atoms with Crippen LogP contribution in [0.15, 0.2) is 24.3 Å². The molecule has 0 spiro atoms. The third kappa shape index (κ3) is 8.94. The number of carbonyl (C=O) groups is 1. The molecule has 0 atom stereocenters. The number of hydrogen-bond donors (Lipinski definition) is 0. The summed E-state index contributed by atoms with van der Waals surface area (Å²) in [7, 11) is 0. The molecule has 0 radical (unpaired) electrons. The van der Waals surface area contributed by atoms with Crippen LogP contribution >= 0.6 is 0 Å². The zero-order valence-corrected chi connectivity index (χ0v) is 14.3. The van der Waals surface area contributed by atoms with Crippen LogP contribution < -0.4 is 4.74 Å².